The molecule has 84 valence electrons. The molecule has 0 spiro atoms. The van der Waals surface area contributed by atoms with Crippen LogP contribution in [0.2, 0.25) is 5.02 Å². The van der Waals surface area contributed by atoms with Crippen LogP contribution in [-0.4, -0.2) is 0 Å². The van der Waals surface area contributed by atoms with Crippen molar-refractivity contribution >= 4 is 17.3 Å². The molecule has 2 nitrogen and oxygen atoms in total. The van der Waals surface area contributed by atoms with Crippen molar-refractivity contribution in [2.75, 3.05) is 5.43 Å². The molecule has 0 saturated heterocycles. The number of anilines is 1. The van der Waals surface area contributed by atoms with E-state index in [2.05, 4.69) is 26.2 Å². The van der Waals surface area contributed by atoms with E-state index in [4.69, 9.17) is 17.4 Å². The largest absolute Gasteiger partial charge is 0.324 e. The molecule has 1 rings (SSSR count). The van der Waals surface area contributed by atoms with E-state index in [1.165, 1.54) is 11.1 Å². The van der Waals surface area contributed by atoms with Gasteiger partial charge in [0.15, 0.2) is 0 Å². The summed E-state index contributed by atoms with van der Waals surface area (Å²) in [6.45, 7) is 6.46. The minimum Gasteiger partial charge on any atom is -0.324 e. The molecule has 0 amide bonds. The third kappa shape index (κ3) is 2.64. The zero-order chi connectivity index (χ0) is 11.4. The molecule has 0 unspecified atom stereocenters. The Balaban J connectivity index is 3.30. The highest BCUT2D eigenvalue weighted by Crippen LogP contribution is 2.33. The standard InChI is InChI=1S/C12H19ClN2/c1-4-5-9-11(15-14)7-6-10(13)12(9)8(2)3/h6-8,15H,4-5,14H2,1-3H3. The van der Waals surface area contributed by atoms with Gasteiger partial charge in [-0.25, -0.2) is 0 Å². The molecular weight excluding hydrogens is 208 g/mol. The minimum atomic E-state index is 0.423. The maximum Gasteiger partial charge on any atom is 0.0520 e. The number of hydrogen-bond donors (Lipinski definition) is 2. The van der Waals surface area contributed by atoms with E-state index in [1.54, 1.807) is 0 Å². The van der Waals surface area contributed by atoms with Crippen LogP contribution in [0.15, 0.2) is 12.1 Å². The predicted molar refractivity (Wildman–Crippen MR) is 67.3 cm³/mol. The summed E-state index contributed by atoms with van der Waals surface area (Å²) in [5.41, 5.74) is 6.20. The van der Waals surface area contributed by atoms with Gasteiger partial charge in [-0.2, -0.15) is 0 Å². The van der Waals surface area contributed by atoms with Crippen LogP contribution in [0.4, 0.5) is 5.69 Å². The first kappa shape index (κ1) is 12.3. The van der Waals surface area contributed by atoms with Gasteiger partial charge in [-0.3, -0.25) is 5.84 Å². The van der Waals surface area contributed by atoms with Gasteiger partial charge in [-0.05, 0) is 35.6 Å². The second kappa shape index (κ2) is 5.38. The lowest BCUT2D eigenvalue weighted by atomic mass is 9.93. The highest BCUT2D eigenvalue weighted by atomic mass is 35.5. The SMILES string of the molecule is CCCc1c(NN)ccc(Cl)c1C(C)C. The minimum absolute atomic E-state index is 0.423. The van der Waals surface area contributed by atoms with Crippen LogP contribution < -0.4 is 11.3 Å². The van der Waals surface area contributed by atoms with E-state index in [9.17, 15) is 0 Å². The molecule has 0 bridgehead atoms. The van der Waals surface area contributed by atoms with Crippen molar-refractivity contribution in [2.45, 2.75) is 39.5 Å². The summed E-state index contributed by atoms with van der Waals surface area (Å²) in [6, 6.07) is 3.85. The van der Waals surface area contributed by atoms with E-state index in [0.29, 0.717) is 5.92 Å². The first-order valence-corrected chi connectivity index (χ1v) is 5.77. The molecule has 1 aromatic carbocycles. The highest BCUT2D eigenvalue weighted by Gasteiger charge is 2.13. The van der Waals surface area contributed by atoms with Gasteiger partial charge >= 0.3 is 0 Å². The van der Waals surface area contributed by atoms with Gasteiger partial charge in [0.05, 0.1) is 5.69 Å². The zero-order valence-corrected chi connectivity index (χ0v) is 10.4. The van der Waals surface area contributed by atoms with E-state index in [-0.39, 0.29) is 0 Å². The topological polar surface area (TPSA) is 38.0 Å². The molecule has 15 heavy (non-hydrogen) atoms. The van der Waals surface area contributed by atoms with Gasteiger partial charge in [0.1, 0.15) is 0 Å². The van der Waals surface area contributed by atoms with Gasteiger partial charge in [-0.1, -0.05) is 38.8 Å². The first-order valence-electron chi connectivity index (χ1n) is 5.39. The molecule has 0 fully saturated rings. The van der Waals surface area contributed by atoms with Crippen LogP contribution >= 0.6 is 11.6 Å². The van der Waals surface area contributed by atoms with Gasteiger partial charge in [-0.15, -0.1) is 0 Å². The third-order valence-electron chi connectivity index (χ3n) is 2.54. The molecule has 0 aliphatic rings. The van der Waals surface area contributed by atoms with Crippen molar-refractivity contribution in [1.29, 1.82) is 0 Å². The Morgan fingerprint density at radius 2 is 2.07 bits per heavy atom. The second-order valence-corrected chi connectivity index (χ2v) is 4.44. The molecule has 0 aliphatic heterocycles. The average molecular weight is 227 g/mol. The van der Waals surface area contributed by atoms with Crippen LogP contribution in [0.25, 0.3) is 0 Å². The monoisotopic (exact) mass is 226 g/mol. The smallest absolute Gasteiger partial charge is 0.0520 e. The number of halogens is 1. The van der Waals surface area contributed by atoms with Crippen molar-refractivity contribution in [2.24, 2.45) is 5.84 Å². The van der Waals surface area contributed by atoms with Crippen molar-refractivity contribution < 1.29 is 0 Å². The Labute approximate surface area is 96.8 Å². The van der Waals surface area contributed by atoms with Crippen molar-refractivity contribution in [3.8, 4) is 0 Å². The average Bonchev–Trinajstić information content (AvgIpc) is 2.18. The lowest BCUT2D eigenvalue weighted by Crippen LogP contribution is -2.11. The van der Waals surface area contributed by atoms with E-state index in [1.807, 2.05) is 12.1 Å². The molecule has 1 aromatic rings. The maximum absolute atomic E-state index is 6.22. The summed E-state index contributed by atoms with van der Waals surface area (Å²) < 4.78 is 0. The molecule has 0 heterocycles. The number of nitrogen functional groups attached to an aromatic ring is 1. The summed E-state index contributed by atoms with van der Waals surface area (Å²) in [5.74, 6) is 5.93. The summed E-state index contributed by atoms with van der Waals surface area (Å²) >= 11 is 6.22. The maximum atomic E-state index is 6.22. The molecular formula is C12H19ClN2. The Morgan fingerprint density at radius 1 is 1.40 bits per heavy atom. The summed E-state index contributed by atoms with van der Waals surface area (Å²) in [5, 5.41) is 0.840. The summed E-state index contributed by atoms with van der Waals surface area (Å²) in [6.07, 6.45) is 2.10. The molecule has 0 saturated carbocycles. The van der Waals surface area contributed by atoms with E-state index in [0.717, 1.165) is 23.6 Å². The lowest BCUT2D eigenvalue weighted by molar-refractivity contribution is 0.821. The normalized spacial score (nSPS) is 10.8. The fourth-order valence-electron chi connectivity index (χ4n) is 1.91. The number of nitrogens with one attached hydrogen (secondary N) is 1. The summed E-state index contributed by atoms with van der Waals surface area (Å²) in [7, 11) is 0. The molecule has 0 aromatic heterocycles. The second-order valence-electron chi connectivity index (χ2n) is 4.04. The van der Waals surface area contributed by atoms with Gasteiger partial charge < -0.3 is 5.43 Å². The third-order valence-corrected chi connectivity index (χ3v) is 2.87. The van der Waals surface area contributed by atoms with Crippen LogP contribution in [-0.2, 0) is 6.42 Å². The number of nitrogens with two attached hydrogens (primary N) is 1. The van der Waals surface area contributed by atoms with Gasteiger partial charge in [0.2, 0.25) is 0 Å². The van der Waals surface area contributed by atoms with E-state index >= 15 is 0 Å². The van der Waals surface area contributed by atoms with Gasteiger partial charge in [0, 0.05) is 5.02 Å². The van der Waals surface area contributed by atoms with Crippen LogP contribution in [0.1, 0.15) is 44.2 Å². The van der Waals surface area contributed by atoms with Crippen LogP contribution in [0.5, 0.6) is 0 Å². The Bertz CT molecular complexity index is 335. The van der Waals surface area contributed by atoms with Crippen LogP contribution in [0, 0.1) is 0 Å². The fourth-order valence-corrected chi connectivity index (χ4v) is 2.31. The molecule has 0 atom stereocenters. The molecule has 0 aliphatic carbocycles. The Morgan fingerprint density at radius 3 is 2.53 bits per heavy atom. The summed E-state index contributed by atoms with van der Waals surface area (Å²) in [4.78, 5) is 0. The van der Waals surface area contributed by atoms with Crippen LogP contribution in [0.3, 0.4) is 0 Å². The number of benzene rings is 1. The van der Waals surface area contributed by atoms with E-state index < -0.39 is 0 Å². The lowest BCUT2D eigenvalue weighted by Gasteiger charge is -2.18. The zero-order valence-electron chi connectivity index (χ0n) is 9.60. The number of hydrogen-bond acceptors (Lipinski definition) is 2. The number of rotatable bonds is 4. The van der Waals surface area contributed by atoms with Crippen molar-refractivity contribution in [1.82, 2.24) is 0 Å². The van der Waals surface area contributed by atoms with Crippen molar-refractivity contribution in [3.63, 3.8) is 0 Å². The van der Waals surface area contributed by atoms with Gasteiger partial charge in [0.25, 0.3) is 0 Å². The highest BCUT2D eigenvalue weighted by molar-refractivity contribution is 6.31. The first-order chi connectivity index (χ1) is 7.11. The Kier molecular flexibility index (Phi) is 4.43. The predicted octanol–water partition coefficient (Wildman–Crippen LogP) is 3.70. The van der Waals surface area contributed by atoms with Crippen molar-refractivity contribution in [3.05, 3.63) is 28.3 Å². The molecule has 3 N–H and O–H groups in total. The number of hydrazine groups is 1. The molecule has 0 radical (unpaired) electrons. The fraction of sp³-hybridized carbons (Fsp3) is 0.500. The molecule has 3 heteroatoms. The quantitative estimate of drug-likeness (QED) is 0.607. The Hall–Kier alpha value is -0.730.